The number of ether oxygens (including phenoxy) is 1. The van der Waals surface area contributed by atoms with Crippen molar-refractivity contribution in [1.82, 2.24) is 0 Å². The van der Waals surface area contributed by atoms with Gasteiger partial charge in [-0.15, -0.1) is 0 Å². The smallest absolute Gasteiger partial charge is 0.239 e. The van der Waals surface area contributed by atoms with Gasteiger partial charge in [-0.05, 0) is 40.8 Å². The van der Waals surface area contributed by atoms with E-state index in [2.05, 4.69) is 0 Å². The number of carbonyl (C=O) groups is 2. The van der Waals surface area contributed by atoms with Gasteiger partial charge in [-0.1, -0.05) is 67.6 Å². The number of anilines is 1. The first-order valence-electron chi connectivity index (χ1n) is 11.5. The zero-order valence-electron chi connectivity index (χ0n) is 18.4. The van der Waals surface area contributed by atoms with Crippen LogP contribution in [0.1, 0.15) is 41.5 Å². The highest BCUT2D eigenvalue weighted by atomic mass is 16.5. The maximum atomic E-state index is 14.1. The van der Waals surface area contributed by atoms with Crippen molar-refractivity contribution in [2.24, 2.45) is 11.8 Å². The lowest BCUT2D eigenvalue weighted by Gasteiger charge is -2.53. The molecule has 5 nitrogen and oxygen atoms in total. The molecule has 3 aliphatic carbocycles. The Morgan fingerprint density at radius 2 is 1.48 bits per heavy atom. The molecule has 0 spiro atoms. The predicted octanol–water partition coefficient (Wildman–Crippen LogP) is 4.02. The molecular formula is C28H25NO4. The number of hydrogen-bond donors (Lipinski definition) is 1. The minimum absolute atomic E-state index is 0.218. The van der Waals surface area contributed by atoms with Crippen molar-refractivity contribution < 1.29 is 19.4 Å². The van der Waals surface area contributed by atoms with Gasteiger partial charge in [0.15, 0.2) is 0 Å². The number of benzene rings is 3. The summed E-state index contributed by atoms with van der Waals surface area (Å²) in [6.45, 7) is 2.27. The molecule has 1 heterocycles. The molecule has 2 amide bonds. The predicted molar refractivity (Wildman–Crippen MR) is 124 cm³/mol. The third kappa shape index (κ3) is 2.46. The highest BCUT2D eigenvalue weighted by Crippen LogP contribution is 2.64. The van der Waals surface area contributed by atoms with Gasteiger partial charge in [-0.25, -0.2) is 4.90 Å². The van der Waals surface area contributed by atoms with E-state index < -0.39 is 17.3 Å². The van der Waals surface area contributed by atoms with Gasteiger partial charge in [-0.3, -0.25) is 9.59 Å². The molecule has 2 atom stereocenters. The van der Waals surface area contributed by atoms with E-state index in [0.29, 0.717) is 18.0 Å². The Hall–Kier alpha value is -3.44. The van der Waals surface area contributed by atoms with Crippen molar-refractivity contribution in [1.29, 1.82) is 0 Å². The number of rotatable bonds is 5. The van der Waals surface area contributed by atoms with Crippen LogP contribution in [0.2, 0.25) is 0 Å². The first-order chi connectivity index (χ1) is 16.1. The summed E-state index contributed by atoms with van der Waals surface area (Å²) < 4.78 is 5.90. The van der Waals surface area contributed by atoms with Crippen molar-refractivity contribution in [3.8, 4) is 5.75 Å². The quantitative estimate of drug-likeness (QED) is 0.610. The number of aliphatic hydroxyl groups excluding tert-OH is 1. The summed E-state index contributed by atoms with van der Waals surface area (Å²) in [6, 6.07) is 23.1. The molecule has 0 radical (unpaired) electrons. The molecule has 1 fully saturated rings. The topological polar surface area (TPSA) is 66.8 Å². The van der Waals surface area contributed by atoms with E-state index in [9.17, 15) is 14.7 Å². The number of imide groups is 1. The summed E-state index contributed by atoms with van der Waals surface area (Å²) in [4.78, 5) is 29.4. The van der Waals surface area contributed by atoms with E-state index in [0.717, 1.165) is 28.7 Å². The Labute approximate surface area is 192 Å². The van der Waals surface area contributed by atoms with E-state index in [4.69, 9.17) is 4.74 Å². The second-order valence-corrected chi connectivity index (χ2v) is 9.11. The van der Waals surface area contributed by atoms with Crippen LogP contribution in [0.25, 0.3) is 0 Å². The van der Waals surface area contributed by atoms with Crippen LogP contribution < -0.4 is 9.64 Å². The molecular weight excluding hydrogens is 414 g/mol. The van der Waals surface area contributed by atoms with Crippen LogP contribution >= 0.6 is 0 Å². The fourth-order valence-corrected chi connectivity index (χ4v) is 6.41. The number of nitrogens with zero attached hydrogens (tertiary/aromatic N) is 1. The Morgan fingerprint density at radius 3 is 2.12 bits per heavy atom. The number of carbonyl (C=O) groups excluding carboxylic acids is 2. The lowest BCUT2D eigenvalue weighted by molar-refractivity contribution is -0.124. The zero-order chi connectivity index (χ0) is 22.7. The van der Waals surface area contributed by atoms with Crippen LogP contribution in [-0.2, 0) is 15.0 Å². The molecule has 1 aliphatic heterocycles. The second-order valence-electron chi connectivity index (χ2n) is 9.11. The summed E-state index contributed by atoms with van der Waals surface area (Å²) >= 11 is 0. The van der Waals surface area contributed by atoms with Gasteiger partial charge in [0.25, 0.3) is 0 Å². The van der Waals surface area contributed by atoms with Crippen LogP contribution in [0.3, 0.4) is 0 Å². The maximum absolute atomic E-state index is 14.1. The van der Waals surface area contributed by atoms with Crippen LogP contribution in [0.4, 0.5) is 5.69 Å². The molecule has 2 bridgehead atoms. The third-order valence-electron chi connectivity index (χ3n) is 7.61. The monoisotopic (exact) mass is 439 g/mol. The van der Waals surface area contributed by atoms with Gasteiger partial charge < -0.3 is 9.84 Å². The number of hydrogen-bond acceptors (Lipinski definition) is 4. The normalized spacial score (nSPS) is 26.7. The van der Waals surface area contributed by atoms with Gasteiger partial charge >= 0.3 is 0 Å². The minimum atomic E-state index is -0.951. The number of amides is 2. The molecule has 0 unspecified atom stereocenters. The van der Waals surface area contributed by atoms with E-state index in [1.54, 1.807) is 12.1 Å². The average molecular weight is 440 g/mol. The Bertz CT molecular complexity index is 1230. The molecule has 1 saturated heterocycles. The molecule has 0 saturated carbocycles. The van der Waals surface area contributed by atoms with Crippen LogP contribution in [0.15, 0.2) is 72.8 Å². The molecule has 3 aromatic carbocycles. The Kier molecular flexibility index (Phi) is 4.46. The number of aliphatic hydroxyl groups is 1. The maximum Gasteiger partial charge on any atom is 0.239 e. The first kappa shape index (κ1) is 20.2. The molecule has 33 heavy (non-hydrogen) atoms. The molecule has 5 heteroatoms. The summed E-state index contributed by atoms with van der Waals surface area (Å²) in [5.41, 5.74) is 3.51. The SMILES string of the molecule is CCCOc1ccccc1N1C(=O)[C@@H]2C3c4ccccc4C(CO)(c4ccccc43)[C@H]2C1=O. The third-order valence-corrected chi connectivity index (χ3v) is 7.61. The van der Waals surface area contributed by atoms with Crippen molar-refractivity contribution in [3.05, 3.63) is 95.1 Å². The summed E-state index contributed by atoms with van der Waals surface area (Å²) in [6.07, 6.45) is 0.821. The van der Waals surface area contributed by atoms with Crippen LogP contribution in [0, 0.1) is 11.8 Å². The molecule has 7 rings (SSSR count). The molecule has 1 N–H and O–H groups in total. The summed E-state index contributed by atoms with van der Waals surface area (Å²) in [7, 11) is 0. The molecule has 0 aromatic heterocycles. The van der Waals surface area contributed by atoms with E-state index in [1.807, 2.05) is 67.6 Å². The number of para-hydroxylation sites is 2. The van der Waals surface area contributed by atoms with E-state index in [1.165, 1.54) is 4.90 Å². The zero-order valence-corrected chi connectivity index (χ0v) is 18.4. The fraction of sp³-hybridized carbons (Fsp3) is 0.286. The van der Waals surface area contributed by atoms with Gasteiger partial charge in [0.2, 0.25) is 11.8 Å². The van der Waals surface area contributed by atoms with Crippen LogP contribution in [0.5, 0.6) is 5.75 Å². The molecule has 3 aromatic rings. The fourth-order valence-electron chi connectivity index (χ4n) is 6.41. The van der Waals surface area contributed by atoms with Gasteiger partial charge in [-0.2, -0.15) is 0 Å². The highest BCUT2D eigenvalue weighted by Gasteiger charge is 2.68. The largest absolute Gasteiger partial charge is 0.491 e. The lowest BCUT2D eigenvalue weighted by atomic mass is 9.47. The molecule has 4 aliphatic rings. The Balaban J connectivity index is 1.58. The lowest BCUT2D eigenvalue weighted by Crippen LogP contribution is -2.55. The summed E-state index contributed by atoms with van der Waals surface area (Å²) in [5.74, 6) is -1.40. The van der Waals surface area contributed by atoms with Gasteiger partial charge in [0.1, 0.15) is 5.75 Å². The average Bonchev–Trinajstić information content (AvgIpc) is 3.13. The van der Waals surface area contributed by atoms with Gasteiger partial charge in [0, 0.05) is 5.92 Å². The van der Waals surface area contributed by atoms with Crippen molar-refractivity contribution >= 4 is 17.5 Å². The minimum Gasteiger partial charge on any atom is -0.491 e. The van der Waals surface area contributed by atoms with Crippen molar-refractivity contribution in [3.63, 3.8) is 0 Å². The van der Waals surface area contributed by atoms with Crippen LogP contribution in [-0.4, -0.2) is 30.1 Å². The first-order valence-corrected chi connectivity index (χ1v) is 11.5. The van der Waals surface area contributed by atoms with E-state index in [-0.39, 0.29) is 24.3 Å². The van der Waals surface area contributed by atoms with Gasteiger partial charge in [0.05, 0.1) is 36.2 Å². The van der Waals surface area contributed by atoms with Crippen molar-refractivity contribution in [2.75, 3.05) is 18.1 Å². The molecule has 166 valence electrons. The van der Waals surface area contributed by atoms with E-state index >= 15 is 0 Å². The standard InChI is InChI=1S/C28H25NO4/c1-2-15-33-22-14-8-7-13-21(22)29-26(31)24-23-17-9-3-5-11-19(17)28(16-30,25(24)27(29)32)20-12-6-4-10-18(20)23/h3-14,23-25,30H,2,15-16H2,1H3/t23?,24-,25-,28?/m1/s1. The second kappa shape index (κ2) is 7.29. The summed E-state index contributed by atoms with van der Waals surface area (Å²) in [5, 5.41) is 10.9. The Morgan fingerprint density at radius 1 is 0.879 bits per heavy atom. The van der Waals surface area contributed by atoms with Crippen molar-refractivity contribution in [2.45, 2.75) is 24.7 Å². The highest BCUT2D eigenvalue weighted by molar-refractivity contribution is 6.24.